The van der Waals surface area contributed by atoms with Crippen LogP contribution in [0.25, 0.3) is 6.08 Å². The number of furan rings is 1. The Morgan fingerprint density at radius 2 is 1.96 bits per heavy atom. The summed E-state index contributed by atoms with van der Waals surface area (Å²) in [5, 5.41) is 0. The number of ether oxygens (including phenoxy) is 2. The van der Waals surface area contributed by atoms with Crippen LogP contribution >= 0.6 is 0 Å². The van der Waals surface area contributed by atoms with Crippen molar-refractivity contribution >= 4 is 11.9 Å². The third kappa shape index (κ3) is 3.04. The van der Waals surface area contributed by atoms with Crippen LogP contribution in [-0.2, 0) is 6.61 Å². The molecule has 4 rings (SSSR count). The molecule has 2 heterocycles. The molecule has 0 bridgehead atoms. The molecule has 124 valence electrons. The number of hydrogen-bond donors (Lipinski definition) is 0. The summed E-state index contributed by atoms with van der Waals surface area (Å²) in [6, 6.07) is 14.8. The van der Waals surface area contributed by atoms with Gasteiger partial charge in [-0.1, -0.05) is 18.2 Å². The van der Waals surface area contributed by atoms with E-state index in [2.05, 4.69) is 0 Å². The zero-order valence-electron chi connectivity index (χ0n) is 13.1. The second-order valence-electron chi connectivity index (χ2n) is 5.49. The summed E-state index contributed by atoms with van der Waals surface area (Å²) in [4.78, 5) is 12.3. The van der Waals surface area contributed by atoms with Crippen LogP contribution in [0.5, 0.6) is 11.5 Å². The molecule has 2 aromatic carbocycles. The Kier molecular flexibility index (Phi) is 3.82. The number of hydrogen-bond acceptors (Lipinski definition) is 4. The normalized spacial score (nSPS) is 14.4. The van der Waals surface area contributed by atoms with E-state index in [0.29, 0.717) is 28.4 Å². The van der Waals surface area contributed by atoms with Crippen LogP contribution in [0.3, 0.4) is 0 Å². The fourth-order valence-corrected chi connectivity index (χ4v) is 2.54. The summed E-state index contributed by atoms with van der Waals surface area (Å²) in [7, 11) is 0. The van der Waals surface area contributed by atoms with Crippen LogP contribution in [-0.4, -0.2) is 5.78 Å². The number of halogens is 1. The molecule has 0 amide bonds. The van der Waals surface area contributed by atoms with Crippen molar-refractivity contribution in [2.45, 2.75) is 6.61 Å². The van der Waals surface area contributed by atoms with Crippen molar-refractivity contribution in [1.82, 2.24) is 0 Å². The molecule has 0 radical (unpaired) electrons. The van der Waals surface area contributed by atoms with Crippen LogP contribution in [0.2, 0.25) is 0 Å². The molecule has 0 fully saturated rings. The van der Waals surface area contributed by atoms with Gasteiger partial charge in [-0.25, -0.2) is 4.39 Å². The minimum atomic E-state index is -0.321. The van der Waals surface area contributed by atoms with E-state index in [-0.39, 0.29) is 24.0 Å². The summed E-state index contributed by atoms with van der Waals surface area (Å²) in [5.74, 6) is 1.09. The molecule has 25 heavy (non-hydrogen) atoms. The zero-order valence-corrected chi connectivity index (χ0v) is 13.1. The third-order valence-electron chi connectivity index (χ3n) is 3.81. The quantitative estimate of drug-likeness (QED) is 0.653. The second-order valence-corrected chi connectivity index (χ2v) is 5.49. The van der Waals surface area contributed by atoms with E-state index in [1.807, 2.05) is 0 Å². The van der Waals surface area contributed by atoms with Gasteiger partial charge in [0.25, 0.3) is 0 Å². The lowest BCUT2D eigenvalue weighted by atomic mass is 10.1. The van der Waals surface area contributed by atoms with E-state index in [0.717, 1.165) is 0 Å². The third-order valence-corrected chi connectivity index (χ3v) is 3.81. The first-order valence-electron chi connectivity index (χ1n) is 7.69. The van der Waals surface area contributed by atoms with Crippen molar-refractivity contribution in [3.8, 4) is 11.5 Å². The van der Waals surface area contributed by atoms with Crippen molar-refractivity contribution in [3.05, 3.63) is 89.3 Å². The van der Waals surface area contributed by atoms with Crippen molar-refractivity contribution < 1.29 is 23.1 Å². The predicted octanol–water partition coefficient (Wildman–Crippen LogP) is 4.61. The first-order chi connectivity index (χ1) is 12.2. The first-order valence-corrected chi connectivity index (χ1v) is 7.69. The lowest BCUT2D eigenvalue weighted by molar-refractivity contribution is 0.101. The van der Waals surface area contributed by atoms with Gasteiger partial charge < -0.3 is 13.9 Å². The maximum Gasteiger partial charge on any atom is 0.232 e. The monoisotopic (exact) mass is 336 g/mol. The van der Waals surface area contributed by atoms with E-state index in [4.69, 9.17) is 13.9 Å². The lowest BCUT2D eigenvalue weighted by Crippen LogP contribution is -1.98. The highest BCUT2D eigenvalue weighted by Crippen LogP contribution is 2.35. The number of allylic oxidation sites excluding steroid dienone is 1. The van der Waals surface area contributed by atoms with E-state index >= 15 is 0 Å². The van der Waals surface area contributed by atoms with E-state index < -0.39 is 0 Å². The molecule has 0 saturated heterocycles. The van der Waals surface area contributed by atoms with E-state index in [9.17, 15) is 9.18 Å². The summed E-state index contributed by atoms with van der Waals surface area (Å²) < 4.78 is 30.0. The van der Waals surface area contributed by atoms with Gasteiger partial charge in [-0.3, -0.25) is 4.79 Å². The molecule has 1 aliphatic rings. The highest BCUT2D eigenvalue weighted by atomic mass is 19.1. The van der Waals surface area contributed by atoms with Gasteiger partial charge in [-0.15, -0.1) is 0 Å². The average Bonchev–Trinajstić information content (AvgIpc) is 3.23. The predicted molar refractivity (Wildman–Crippen MR) is 88.8 cm³/mol. The molecule has 5 heteroatoms. The fraction of sp³-hybridized carbons (Fsp3) is 0.0500. The Balaban J connectivity index is 1.52. The lowest BCUT2D eigenvalue weighted by Gasteiger charge is -2.08. The van der Waals surface area contributed by atoms with Crippen molar-refractivity contribution in [2.75, 3.05) is 0 Å². The topological polar surface area (TPSA) is 48.7 Å². The van der Waals surface area contributed by atoms with Gasteiger partial charge in [0, 0.05) is 17.7 Å². The number of Topliss-reactive ketones (excluding diaryl/α,β-unsaturated/α-hetero) is 1. The van der Waals surface area contributed by atoms with Gasteiger partial charge in [-0.05, 0) is 30.3 Å². The largest absolute Gasteiger partial charge is 0.489 e. The minimum Gasteiger partial charge on any atom is -0.489 e. The Morgan fingerprint density at radius 1 is 1.08 bits per heavy atom. The maximum atomic E-state index is 13.6. The molecule has 4 nitrogen and oxygen atoms in total. The molecule has 1 aliphatic heterocycles. The molecule has 0 aliphatic carbocycles. The molecule has 0 atom stereocenters. The van der Waals surface area contributed by atoms with Crippen LogP contribution in [0.4, 0.5) is 4.39 Å². The molecular weight excluding hydrogens is 323 g/mol. The zero-order chi connectivity index (χ0) is 17.2. The number of rotatable bonds is 4. The van der Waals surface area contributed by atoms with Gasteiger partial charge in [0.1, 0.15) is 29.7 Å². The Bertz CT molecular complexity index is 958. The average molecular weight is 336 g/mol. The first kappa shape index (κ1) is 15.2. The summed E-state index contributed by atoms with van der Waals surface area (Å²) in [6.45, 7) is 0.0918. The molecular formula is C20H13FO4. The SMILES string of the molecule is O=C1C(=Cc2ccco2)Oc2cc(OCc3ccccc3F)ccc21. The van der Waals surface area contributed by atoms with E-state index in [1.165, 1.54) is 12.3 Å². The van der Waals surface area contributed by atoms with Crippen LogP contribution in [0, 0.1) is 5.82 Å². The Morgan fingerprint density at radius 3 is 2.76 bits per heavy atom. The van der Waals surface area contributed by atoms with Crippen LogP contribution in [0.15, 0.2) is 71.0 Å². The highest BCUT2D eigenvalue weighted by Gasteiger charge is 2.28. The Hall–Kier alpha value is -3.34. The maximum absolute atomic E-state index is 13.6. The van der Waals surface area contributed by atoms with Crippen molar-refractivity contribution in [2.24, 2.45) is 0 Å². The highest BCUT2D eigenvalue weighted by molar-refractivity contribution is 6.14. The minimum absolute atomic E-state index is 0.0918. The summed E-state index contributed by atoms with van der Waals surface area (Å²) >= 11 is 0. The number of carbonyl (C=O) groups is 1. The van der Waals surface area contributed by atoms with Crippen LogP contribution < -0.4 is 9.47 Å². The Labute approximate surface area is 143 Å². The molecule has 0 spiro atoms. The summed E-state index contributed by atoms with van der Waals surface area (Å²) in [5.41, 5.74) is 0.912. The molecule has 0 N–H and O–H groups in total. The van der Waals surface area contributed by atoms with Gasteiger partial charge in [0.05, 0.1) is 11.8 Å². The van der Waals surface area contributed by atoms with Crippen molar-refractivity contribution in [1.29, 1.82) is 0 Å². The standard InChI is InChI=1S/C20H13FO4/c21-17-6-2-1-4-13(17)12-24-15-7-8-16-18(10-15)25-19(20(16)22)11-14-5-3-9-23-14/h1-11H,12H2. The number of benzene rings is 2. The smallest absolute Gasteiger partial charge is 0.232 e. The molecule has 1 aromatic heterocycles. The van der Waals surface area contributed by atoms with Gasteiger partial charge in [0.15, 0.2) is 5.76 Å². The number of fused-ring (bicyclic) bond motifs is 1. The second kappa shape index (κ2) is 6.28. The number of ketones is 1. The van der Waals surface area contributed by atoms with Gasteiger partial charge in [0.2, 0.25) is 5.78 Å². The van der Waals surface area contributed by atoms with Crippen LogP contribution in [0.1, 0.15) is 21.7 Å². The van der Waals surface area contributed by atoms with Gasteiger partial charge >= 0.3 is 0 Å². The van der Waals surface area contributed by atoms with Crippen molar-refractivity contribution in [3.63, 3.8) is 0 Å². The van der Waals surface area contributed by atoms with E-state index in [1.54, 1.807) is 54.6 Å². The fourth-order valence-electron chi connectivity index (χ4n) is 2.54. The summed E-state index contributed by atoms with van der Waals surface area (Å²) in [6.07, 6.45) is 3.07. The van der Waals surface area contributed by atoms with Gasteiger partial charge in [-0.2, -0.15) is 0 Å². The number of carbonyl (C=O) groups excluding carboxylic acids is 1. The molecule has 0 saturated carbocycles. The molecule has 3 aromatic rings. The molecule has 0 unspecified atom stereocenters.